The summed E-state index contributed by atoms with van der Waals surface area (Å²) >= 11 is 12.4. The van der Waals surface area contributed by atoms with E-state index in [2.05, 4.69) is 0 Å². The number of ketones is 1. The third-order valence-corrected chi connectivity index (χ3v) is 5.86. The first-order valence-electron chi connectivity index (χ1n) is 10.8. The van der Waals surface area contributed by atoms with Gasteiger partial charge in [0, 0.05) is 18.1 Å². The number of carbonyl (C=O) groups excluding carboxylic acids is 2. The van der Waals surface area contributed by atoms with E-state index in [1.54, 1.807) is 24.3 Å². The molecule has 9 heteroatoms. The maximum absolute atomic E-state index is 13.2. The number of benzene rings is 2. The standard InChI is InChI=1S/C25H28Cl2N2O5/c1-14(2)34-17-8-6-15(7-9-17)21-20(23(31)25(32)29(21)11-10-28(3)4)22(30)18-12-16(26)13-19(27)24(18)33-5/h6-9,12-14,21,30H,10-11H2,1-5H3/b22-20+. The van der Waals surface area contributed by atoms with E-state index in [4.69, 9.17) is 32.7 Å². The predicted octanol–water partition coefficient (Wildman–Crippen LogP) is 4.77. The van der Waals surface area contributed by atoms with Gasteiger partial charge in [0.15, 0.2) is 0 Å². The van der Waals surface area contributed by atoms with Crippen LogP contribution in [0.4, 0.5) is 0 Å². The largest absolute Gasteiger partial charge is 0.507 e. The normalized spacial score (nSPS) is 17.7. The molecule has 0 saturated carbocycles. The van der Waals surface area contributed by atoms with Crippen molar-refractivity contribution in [3.8, 4) is 11.5 Å². The van der Waals surface area contributed by atoms with E-state index in [0.717, 1.165) is 0 Å². The van der Waals surface area contributed by atoms with E-state index in [1.165, 1.54) is 24.1 Å². The van der Waals surface area contributed by atoms with E-state index in [1.807, 2.05) is 32.8 Å². The summed E-state index contributed by atoms with van der Waals surface area (Å²) in [6.45, 7) is 4.67. The van der Waals surface area contributed by atoms with Gasteiger partial charge in [-0.1, -0.05) is 35.3 Å². The Labute approximate surface area is 209 Å². The lowest BCUT2D eigenvalue weighted by atomic mass is 9.95. The lowest BCUT2D eigenvalue weighted by Gasteiger charge is -2.27. The van der Waals surface area contributed by atoms with Crippen LogP contribution in [0.15, 0.2) is 42.0 Å². The van der Waals surface area contributed by atoms with Gasteiger partial charge in [-0.05, 0) is 57.8 Å². The van der Waals surface area contributed by atoms with Crippen LogP contribution in [0.1, 0.15) is 31.0 Å². The number of methoxy groups -OCH3 is 1. The summed E-state index contributed by atoms with van der Waals surface area (Å²) in [6.07, 6.45) is -0.00313. The quantitative estimate of drug-likeness (QED) is 0.315. The smallest absolute Gasteiger partial charge is 0.295 e. The Morgan fingerprint density at radius 1 is 1.15 bits per heavy atom. The first-order valence-corrected chi connectivity index (χ1v) is 11.5. The van der Waals surface area contributed by atoms with Gasteiger partial charge in [-0.15, -0.1) is 0 Å². The molecule has 1 saturated heterocycles. The monoisotopic (exact) mass is 506 g/mol. The second-order valence-corrected chi connectivity index (χ2v) is 9.34. The van der Waals surface area contributed by atoms with Crippen molar-refractivity contribution in [2.24, 2.45) is 0 Å². The van der Waals surface area contributed by atoms with Gasteiger partial charge in [0.05, 0.1) is 35.4 Å². The molecule has 1 amide bonds. The van der Waals surface area contributed by atoms with Crippen molar-refractivity contribution in [3.05, 3.63) is 63.1 Å². The van der Waals surface area contributed by atoms with E-state index in [9.17, 15) is 14.7 Å². The number of rotatable bonds is 8. The molecule has 2 aromatic carbocycles. The van der Waals surface area contributed by atoms with Crippen molar-refractivity contribution >= 4 is 40.7 Å². The van der Waals surface area contributed by atoms with E-state index < -0.39 is 23.5 Å². The zero-order valence-corrected chi connectivity index (χ0v) is 21.3. The highest BCUT2D eigenvalue weighted by molar-refractivity contribution is 6.46. The van der Waals surface area contributed by atoms with Gasteiger partial charge < -0.3 is 24.4 Å². The first kappa shape index (κ1) is 25.9. The molecule has 0 radical (unpaired) electrons. The Hall–Kier alpha value is -2.74. The fourth-order valence-electron chi connectivity index (χ4n) is 3.85. The van der Waals surface area contributed by atoms with Gasteiger partial charge in [-0.3, -0.25) is 9.59 Å². The molecule has 1 aliphatic rings. The molecule has 1 N–H and O–H groups in total. The highest BCUT2D eigenvalue weighted by atomic mass is 35.5. The Morgan fingerprint density at radius 2 is 1.79 bits per heavy atom. The van der Waals surface area contributed by atoms with Crippen LogP contribution in [0.2, 0.25) is 10.0 Å². The highest BCUT2D eigenvalue weighted by Gasteiger charge is 2.46. The Kier molecular flexibility index (Phi) is 8.13. The topological polar surface area (TPSA) is 79.3 Å². The molecule has 1 unspecified atom stereocenters. The molecule has 1 aliphatic heterocycles. The third kappa shape index (κ3) is 5.32. The predicted molar refractivity (Wildman–Crippen MR) is 133 cm³/mol. The number of likely N-dealkylation sites (tertiary alicyclic amines) is 1. The van der Waals surface area contributed by atoms with Gasteiger partial charge in [0.2, 0.25) is 0 Å². The fraction of sp³-hybridized carbons (Fsp3) is 0.360. The summed E-state index contributed by atoms with van der Waals surface area (Å²) in [6, 6.07) is 9.23. The molecule has 0 aliphatic carbocycles. The highest BCUT2D eigenvalue weighted by Crippen LogP contribution is 2.43. The summed E-state index contributed by atoms with van der Waals surface area (Å²) in [5.74, 6) is -1.07. The number of amides is 1. The maximum atomic E-state index is 13.2. The number of ether oxygens (including phenoxy) is 2. The third-order valence-electron chi connectivity index (χ3n) is 5.36. The summed E-state index contributed by atoms with van der Waals surface area (Å²) in [5, 5.41) is 11.7. The van der Waals surface area contributed by atoms with Crippen molar-refractivity contribution in [3.63, 3.8) is 0 Å². The van der Waals surface area contributed by atoms with Crippen molar-refractivity contribution in [1.29, 1.82) is 0 Å². The average Bonchev–Trinajstić information content (AvgIpc) is 3.01. The lowest BCUT2D eigenvalue weighted by molar-refractivity contribution is -0.140. The van der Waals surface area contributed by atoms with Gasteiger partial charge in [-0.2, -0.15) is 0 Å². The fourth-order valence-corrected chi connectivity index (χ4v) is 4.43. The number of aliphatic hydroxyl groups excluding tert-OH is 1. The minimum absolute atomic E-state index is 0.00313. The molecule has 7 nitrogen and oxygen atoms in total. The zero-order chi connectivity index (χ0) is 25.2. The molecule has 34 heavy (non-hydrogen) atoms. The summed E-state index contributed by atoms with van der Waals surface area (Å²) in [7, 11) is 5.15. The second kappa shape index (κ2) is 10.7. The minimum atomic E-state index is -0.810. The molecule has 1 heterocycles. The van der Waals surface area contributed by atoms with E-state index >= 15 is 0 Å². The Balaban J connectivity index is 2.19. The Morgan fingerprint density at radius 3 is 2.35 bits per heavy atom. The lowest BCUT2D eigenvalue weighted by Crippen LogP contribution is -2.35. The SMILES string of the molecule is COc1c(Cl)cc(Cl)cc1/C(O)=C1\C(=O)C(=O)N(CCN(C)C)C1c1ccc(OC(C)C)cc1. The van der Waals surface area contributed by atoms with Gasteiger partial charge in [-0.25, -0.2) is 0 Å². The van der Waals surface area contributed by atoms with Crippen molar-refractivity contribution in [2.75, 3.05) is 34.3 Å². The second-order valence-electron chi connectivity index (χ2n) is 8.50. The molecule has 2 aromatic rings. The molecule has 0 aromatic heterocycles. The van der Waals surface area contributed by atoms with Crippen LogP contribution in [-0.4, -0.2) is 67.0 Å². The van der Waals surface area contributed by atoms with E-state index in [0.29, 0.717) is 17.9 Å². The van der Waals surface area contributed by atoms with Crippen LogP contribution >= 0.6 is 23.2 Å². The minimum Gasteiger partial charge on any atom is -0.507 e. The summed E-state index contributed by atoms with van der Waals surface area (Å²) in [4.78, 5) is 29.6. The number of likely N-dealkylation sites (N-methyl/N-ethyl adjacent to an activating group) is 1. The van der Waals surface area contributed by atoms with Crippen molar-refractivity contribution in [2.45, 2.75) is 26.0 Å². The molecular formula is C25H28Cl2N2O5. The Bertz CT molecular complexity index is 1110. The average molecular weight is 507 g/mol. The molecule has 0 spiro atoms. The number of halogens is 2. The molecular weight excluding hydrogens is 479 g/mol. The van der Waals surface area contributed by atoms with Crippen molar-refractivity contribution in [1.82, 2.24) is 9.80 Å². The van der Waals surface area contributed by atoms with Crippen LogP contribution in [0.5, 0.6) is 11.5 Å². The molecule has 1 fully saturated rings. The molecule has 182 valence electrons. The zero-order valence-electron chi connectivity index (χ0n) is 19.8. The number of hydrogen-bond acceptors (Lipinski definition) is 6. The van der Waals surface area contributed by atoms with Gasteiger partial charge >= 0.3 is 0 Å². The van der Waals surface area contributed by atoms with Crippen molar-refractivity contribution < 1.29 is 24.2 Å². The number of hydrogen-bond donors (Lipinski definition) is 1. The molecule has 1 atom stereocenters. The van der Waals surface area contributed by atoms with Crippen LogP contribution in [-0.2, 0) is 9.59 Å². The van der Waals surface area contributed by atoms with Gasteiger partial charge in [0.25, 0.3) is 11.7 Å². The number of nitrogens with zero attached hydrogens (tertiary/aromatic N) is 2. The summed E-state index contributed by atoms with van der Waals surface area (Å²) in [5.41, 5.74) is 0.732. The maximum Gasteiger partial charge on any atom is 0.295 e. The van der Waals surface area contributed by atoms with E-state index in [-0.39, 0.29) is 39.6 Å². The first-order chi connectivity index (χ1) is 16.0. The van der Waals surface area contributed by atoms with Crippen LogP contribution in [0.3, 0.4) is 0 Å². The van der Waals surface area contributed by atoms with Crippen LogP contribution in [0, 0.1) is 0 Å². The number of carbonyl (C=O) groups is 2. The number of aliphatic hydroxyl groups is 1. The van der Waals surface area contributed by atoms with Crippen LogP contribution < -0.4 is 9.47 Å². The number of Topliss-reactive ketones (excluding diaryl/α,β-unsaturated/α-hetero) is 1. The summed E-state index contributed by atoms with van der Waals surface area (Å²) < 4.78 is 11.1. The molecule has 0 bridgehead atoms. The van der Waals surface area contributed by atoms with Gasteiger partial charge in [0.1, 0.15) is 17.3 Å². The van der Waals surface area contributed by atoms with Crippen LogP contribution in [0.25, 0.3) is 5.76 Å². The molecule has 3 rings (SSSR count).